The van der Waals surface area contributed by atoms with Crippen molar-refractivity contribution in [2.24, 2.45) is 5.16 Å². The van der Waals surface area contributed by atoms with Gasteiger partial charge in [0, 0.05) is 21.2 Å². The van der Waals surface area contributed by atoms with Gasteiger partial charge in [-0.3, -0.25) is 0 Å². The van der Waals surface area contributed by atoms with Gasteiger partial charge in [-0.2, -0.15) is 24.9 Å². The van der Waals surface area contributed by atoms with E-state index in [0.717, 1.165) is 11.8 Å². The highest BCUT2D eigenvalue weighted by Crippen LogP contribution is 2.53. The fourth-order valence-corrected chi connectivity index (χ4v) is 4.96. The zero-order valence-corrected chi connectivity index (χ0v) is 20.3. The second kappa shape index (κ2) is 10.4. The lowest BCUT2D eigenvalue weighted by atomic mass is 9.85. The summed E-state index contributed by atoms with van der Waals surface area (Å²) < 4.78 is 48.0. The van der Waals surface area contributed by atoms with E-state index in [9.17, 15) is 18.0 Å². The van der Waals surface area contributed by atoms with Gasteiger partial charge in [0.1, 0.15) is 11.0 Å². The fourth-order valence-electron chi connectivity index (χ4n) is 3.39. The normalized spacial score (nSPS) is 20.1. The van der Waals surface area contributed by atoms with E-state index in [1.165, 1.54) is 43.7 Å². The Hall–Kier alpha value is -1.90. The zero-order chi connectivity index (χ0) is 24.3. The van der Waals surface area contributed by atoms with Crippen molar-refractivity contribution in [3.8, 4) is 0 Å². The Kier molecular flexibility index (Phi) is 8.53. The number of rotatable bonds is 4. The number of benzene rings is 2. The average Bonchev–Trinajstić information content (AvgIpc) is 3.14. The molecular weight excluding hydrogens is 486 g/mol. The largest absolute Gasteiger partial charge is 0.465 e. The summed E-state index contributed by atoms with van der Waals surface area (Å²) in [5.41, 5.74) is -1.67. The number of oxime groups is 1. The number of alkyl halides is 3. The standard InChI is InChI=1S/C20H16Cl2F3NO3S.C2H6/c1-10-6-11(4-5-15(10)18(27)28-2)16-17(30-3)19(29-26-16,20(23,24)25)12-7-13(21)9-14(22)8-12;1-2/h4-9,17H,1-3H3;1-2H3. The van der Waals surface area contributed by atoms with Crippen LogP contribution in [0.25, 0.3) is 0 Å². The number of esters is 1. The van der Waals surface area contributed by atoms with E-state index >= 15 is 0 Å². The summed E-state index contributed by atoms with van der Waals surface area (Å²) >= 11 is 12.9. The number of halogens is 5. The quantitative estimate of drug-likeness (QED) is 0.416. The molecule has 2 atom stereocenters. The Balaban J connectivity index is 0.00000176. The molecule has 1 heterocycles. The maximum atomic E-state index is 14.4. The lowest BCUT2D eigenvalue weighted by molar-refractivity contribution is -0.273. The van der Waals surface area contributed by atoms with Crippen LogP contribution in [0.5, 0.6) is 0 Å². The van der Waals surface area contributed by atoms with Crippen molar-refractivity contribution >= 4 is 46.6 Å². The van der Waals surface area contributed by atoms with E-state index in [0.29, 0.717) is 16.7 Å². The van der Waals surface area contributed by atoms with Gasteiger partial charge in [0.2, 0.25) is 0 Å². The minimum Gasteiger partial charge on any atom is -0.465 e. The monoisotopic (exact) mass is 507 g/mol. The predicted octanol–water partition coefficient (Wildman–Crippen LogP) is 7.04. The highest BCUT2D eigenvalue weighted by Gasteiger charge is 2.68. The summed E-state index contributed by atoms with van der Waals surface area (Å²) in [5, 5.41) is 2.69. The van der Waals surface area contributed by atoms with E-state index in [1.807, 2.05) is 13.8 Å². The van der Waals surface area contributed by atoms with Gasteiger partial charge in [-0.05, 0) is 49.1 Å². The maximum Gasteiger partial charge on any atom is 0.436 e. The number of carbonyl (C=O) groups excluding carboxylic acids is 1. The highest BCUT2D eigenvalue weighted by atomic mass is 35.5. The second-order valence-electron chi connectivity index (χ2n) is 6.60. The Morgan fingerprint density at radius 2 is 1.75 bits per heavy atom. The Labute approximate surface area is 199 Å². The highest BCUT2D eigenvalue weighted by molar-refractivity contribution is 8.00. The SMILES string of the molecule is CC.COC(=O)c1ccc(C2=NOC(c3cc(Cl)cc(Cl)c3)(C(F)(F)F)C2SC)cc1C. The van der Waals surface area contributed by atoms with Crippen molar-refractivity contribution in [3.63, 3.8) is 0 Å². The first-order chi connectivity index (χ1) is 15.0. The molecule has 0 aliphatic carbocycles. The lowest BCUT2D eigenvalue weighted by Crippen LogP contribution is -2.51. The smallest absolute Gasteiger partial charge is 0.436 e. The first-order valence-electron chi connectivity index (χ1n) is 9.56. The molecule has 0 bridgehead atoms. The summed E-state index contributed by atoms with van der Waals surface area (Å²) in [6.07, 6.45) is -3.28. The Morgan fingerprint density at radius 3 is 2.22 bits per heavy atom. The van der Waals surface area contributed by atoms with E-state index in [2.05, 4.69) is 5.16 Å². The van der Waals surface area contributed by atoms with Crippen LogP contribution in [-0.4, -0.2) is 36.5 Å². The molecule has 1 aliphatic heterocycles. The van der Waals surface area contributed by atoms with Gasteiger partial charge in [-0.1, -0.05) is 48.3 Å². The molecule has 0 saturated carbocycles. The van der Waals surface area contributed by atoms with Gasteiger partial charge in [-0.25, -0.2) is 4.79 Å². The van der Waals surface area contributed by atoms with Crippen LogP contribution in [0.1, 0.15) is 40.9 Å². The predicted molar refractivity (Wildman–Crippen MR) is 123 cm³/mol. The number of nitrogens with zero attached hydrogens (tertiary/aromatic N) is 1. The molecule has 0 saturated heterocycles. The van der Waals surface area contributed by atoms with Gasteiger partial charge in [-0.15, -0.1) is 0 Å². The number of aryl methyl sites for hydroxylation is 1. The van der Waals surface area contributed by atoms with Crippen LogP contribution in [0.2, 0.25) is 10.0 Å². The molecule has 0 amide bonds. The molecule has 0 fully saturated rings. The van der Waals surface area contributed by atoms with Crippen molar-refractivity contribution in [2.45, 2.75) is 37.8 Å². The molecule has 2 unspecified atom stereocenters. The van der Waals surface area contributed by atoms with E-state index < -0.39 is 23.0 Å². The minimum atomic E-state index is -4.82. The zero-order valence-electron chi connectivity index (χ0n) is 18.0. The van der Waals surface area contributed by atoms with Crippen LogP contribution < -0.4 is 0 Å². The summed E-state index contributed by atoms with van der Waals surface area (Å²) in [7, 11) is 1.25. The maximum absolute atomic E-state index is 14.4. The Bertz CT molecular complexity index is 1010. The van der Waals surface area contributed by atoms with Gasteiger partial charge < -0.3 is 9.57 Å². The molecule has 2 aromatic carbocycles. The van der Waals surface area contributed by atoms with E-state index in [-0.39, 0.29) is 21.3 Å². The van der Waals surface area contributed by atoms with Crippen molar-refractivity contribution in [2.75, 3.05) is 13.4 Å². The molecule has 3 rings (SSSR count). The topological polar surface area (TPSA) is 47.9 Å². The first kappa shape index (κ1) is 26.4. The van der Waals surface area contributed by atoms with E-state index in [1.54, 1.807) is 13.0 Å². The van der Waals surface area contributed by atoms with Gasteiger partial charge in [0.25, 0.3) is 5.60 Å². The third-order valence-corrected chi connectivity index (χ3v) is 6.24. The van der Waals surface area contributed by atoms with Crippen LogP contribution in [0, 0.1) is 6.92 Å². The number of hydrogen-bond donors (Lipinski definition) is 0. The van der Waals surface area contributed by atoms with Crippen LogP contribution in [-0.2, 0) is 15.2 Å². The lowest BCUT2D eigenvalue weighted by Gasteiger charge is -2.34. The Morgan fingerprint density at radius 1 is 1.16 bits per heavy atom. The van der Waals surface area contributed by atoms with Gasteiger partial charge >= 0.3 is 12.1 Å². The third kappa shape index (κ3) is 4.72. The molecule has 32 heavy (non-hydrogen) atoms. The number of hydrogen-bond acceptors (Lipinski definition) is 5. The molecule has 0 aromatic heterocycles. The van der Waals surface area contributed by atoms with E-state index in [4.69, 9.17) is 32.8 Å². The van der Waals surface area contributed by atoms with Crippen LogP contribution >= 0.6 is 35.0 Å². The summed E-state index contributed by atoms with van der Waals surface area (Å²) in [6, 6.07) is 8.27. The molecule has 4 nitrogen and oxygen atoms in total. The summed E-state index contributed by atoms with van der Waals surface area (Å²) in [4.78, 5) is 17.0. The molecular formula is C22H22Cl2F3NO3S. The molecule has 1 aliphatic rings. The van der Waals surface area contributed by atoms with Crippen LogP contribution in [0.15, 0.2) is 41.6 Å². The van der Waals surface area contributed by atoms with Crippen molar-refractivity contribution in [1.82, 2.24) is 0 Å². The number of thioether (sulfide) groups is 1. The average molecular weight is 508 g/mol. The number of carbonyl (C=O) groups is 1. The molecule has 10 heteroatoms. The van der Waals surface area contributed by atoms with Crippen molar-refractivity contribution in [1.29, 1.82) is 0 Å². The molecule has 0 N–H and O–H groups in total. The van der Waals surface area contributed by atoms with Crippen molar-refractivity contribution < 1.29 is 27.5 Å². The second-order valence-corrected chi connectivity index (χ2v) is 8.41. The van der Waals surface area contributed by atoms with Crippen LogP contribution in [0.4, 0.5) is 13.2 Å². The summed E-state index contributed by atoms with van der Waals surface area (Å²) in [6.45, 7) is 5.66. The van der Waals surface area contributed by atoms with Crippen molar-refractivity contribution in [3.05, 3.63) is 68.7 Å². The molecule has 0 spiro atoms. The third-order valence-electron chi connectivity index (χ3n) is 4.78. The van der Waals surface area contributed by atoms with Gasteiger partial charge in [0.15, 0.2) is 0 Å². The molecule has 2 aromatic rings. The van der Waals surface area contributed by atoms with Gasteiger partial charge in [0.05, 0.1) is 12.7 Å². The van der Waals surface area contributed by atoms with Crippen LogP contribution in [0.3, 0.4) is 0 Å². The first-order valence-corrected chi connectivity index (χ1v) is 11.6. The fraction of sp³-hybridized carbons (Fsp3) is 0.364. The minimum absolute atomic E-state index is 0.0521. The molecule has 174 valence electrons. The number of ether oxygens (including phenoxy) is 1. The molecule has 0 radical (unpaired) electrons. The summed E-state index contributed by atoms with van der Waals surface area (Å²) in [5.74, 6) is -0.539. The number of methoxy groups -OCH3 is 1.